The van der Waals surface area contributed by atoms with Gasteiger partial charge in [-0.1, -0.05) is 33.8 Å². The number of carbonyl (C=O) groups excluding carboxylic acids is 1. The summed E-state index contributed by atoms with van der Waals surface area (Å²) in [6.45, 7) is 8.10. The van der Waals surface area contributed by atoms with Crippen molar-refractivity contribution >= 4 is 27.1 Å². The Morgan fingerprint density at radius 2 is 1.95 bits per heavy atom. The van der Waals surface area contributed by atoms with E-state index in [2.05, 4.69) is 5.32 Å². The van der Waals surface area contributed by atoms with Gasteiger partial charge in [0.25, 0.3) is 0 Å². The van der Waals surface area contributed by atoms with Gasteiger partial charge in [0.05, 0.1) is 11.9 Å². The molecular formula is C15H23NO4S2. The van der Waals surface area contributed by atoms with Crippen molar-refractivity contribution in [1.29, 1.82) is 0 Å². The molecule has 2 rings (SSSR count). The van der Waals surface area contributed by atoms with Crippen molar-refractivity contribution in [2.75, 3.05) is 12.3 Å². The van der Waals surface area contributed by atoms with Gasteiger partial charge < -0.3 is 10.4 Å². The van der Waals surface area contributed by atoms with Crippen LogP contribution in [0.1, 0.15) is 27.7 Å². The van der Waals surface area contributed by atoms with E-state index in [0.29, 0.717) is 0 Å². The first-order valence-corrected chi connectivity index (χ1v) is 9.75. The molecule has 5 nitrogen and oxygen atoms in total. The number of sulfone groups is 1. The first-order valence-electron chi connectivity index (χ1n) is 7.22. The molecule has 7 heteroatoms. The quantitative estimate of drug-likeness (QED) is 0.822. The first-order chi connectivity index (χ1) is 10.00. The summed E-state index contributed by atoms with van der Waals surface area (Å²) in [5, 5.41) is 14.3. The molecule has 1 aromatic rings. The zero-order valence-electron chi connectivity index (χ0n) is 13.3. The van der Waals surface area contributed by atoms with E-state index in [9.17, 15) is 18.3 Å². The predicted octanol–water partition coefficient (Wildman–Crippen LogP) is 1.68. The number of hydrogen-bond donors (Lipinski definition) is 2. The lowest BCUT2D eigenvalue weighted by molar-refractivity contribution is -0.123. The fourth-order valence-corrected chi connectivity index (χ4v) is 5.49. The molecular weight excluding hydrogens is 322 g/mol. The maximum atomic E-state index is 12.2. The summed E-state index contributed by atoms with van der Waals surface area (Å²) in [6.07, 6.45) is -1.11. The van der Waals surface area contributed by atoms with Crippen LogP contribution in [0.25, 0.3) is 0 Å². The molecule has 1 unspecified atom stereocenters. The van der Waals surface area contributed by atoms with Crippen molar-refractivity contribution in [2.45, 2.75) is 38.0 Å². The smallest absolute Gasteiger partial charge is 0.224 e. The molecule has 1 fully saturated rings. The summed E-state index contributed by atoms with van der Waals surface area (Å²) in [4.78, 5) is 12.2. The highest BCUT2D eigenvalue weighted by atomic mass is 32.2. The number of thiophene rings is 1. The van der Waals surface area contributed by atoms with Gasteiger partial charge in [-0.2, -0.15) is 0 Å². The van der Waals surface area contributed by atoms with E-state index >= 15 is 0 Å². The number of aliphatic hydroxyl groups excluding tert-OH is 1. The van der Waals surface area contributed by atoms with E-state index in [1.165, 1.54) is 6.07 Å². The summed E-state index contributed by atoms with van der Waals surface area (Å²) in [5.41, 5.74) is -0.157. The highest BCUT2D eigenvalue weighted by Gasteiger charge is 2.68. The minimum atomic E-state index is -3.50. The maximum absolute atomic E-state index is 12.2. The molecule has 22 heavy (non-hydrogen) atoms. The van der Waals surface area contributed by atoms with Crippen LogP contribution in [0.2, 0.25) is 0 Å². The second-order valence-electron chi connectivity index (χ2n) is 6.99. The van der Waals surface area contributed by atoms with Gasteiger partial charge in [0, 0.05) is 12.5 Å². The van der Waals surface area contributed by atoms with Crippen LogP contribution in [0.3, 0.4) is 0 Å². The third kappa shape index (κ3) is 3.07. The second kappa shape index (κ2) is 5.62. The fourth-order valence-electron chi connectivity index (χ4n) is 3.01. The van der Waals surface area contributed by atoms with Gasteiger partial charge in [0.1, 0.15) is 4.21 Å². The first kappa shape index (κ1) is 17.4. The Labute approximate surface area is 135 Å². The van der Waals surface area contributed by atoms with Crippen molar-refractivity contribution in [2.24, 2.45) is 16.7 Å². The SMILES string of the molecule is CC1(C)C(C(=O)NCC(O)CS(=O)(=O)c2cccs2)C1(C)C. The van der Waals surface area contributed by atoms with E-state index in [0.717, 1.165) is 11.3 Å². The molecule has 1 amide bonds. The molecule has 0 radical (unpaired) electrons. The molecule has 0 aliphatic heterocycles. The summed E-state index contributed by atoms with van der Waals surface area (Å²) in [7, 11) is -3.50. The molecule has 2 N–H and O–H groups in total. The second-order valence-corrected chi connectivity index (χ2v) is 10.2. The topological polar surface area (TPSA) is 83.5 Å². The third-order valence-corrected chi connectivity index (χ3v) is 8.29. The third-order valence-electron chi connectivity index (χ3n) is 5.01. The summed E-state index contributed by atoms with van der Waals surface area (Å²) in [6, 6.07) is 3.17. The highest BCUT2D eigenvalue weighted by Crippen LogP contribution is 2.68. The lowest BCUT2D eigenvalue weighted by Crippen LogP contribution is -2.37. The summed E-state index contributed by atoms with van der Waals surface area (Å²) >= 11 is 1.12. The molecule has 1 aromatic heterocycles. The highest BCUT2D eigenvalue weighted by molar-refractivity contribution is 7.93. The van der Waals surface area contributed by atoms with Crippen LogP contribution in [0.4, 0.5) is 0 Å². The average Bonchev–Trinajstić information content (AvgIpc) is 2.79. The zero-order chi connectivity index (χ0) is 16.8. The van der Waals surface area contributed by atoms with Gasteiger partial charge in [0.15, 0.2) is 9.84 Å². The van der Waals surface area contributed by atoms with Crippen LogP contribution < -0.4 is 5.32 Å². The van der Waals surface area contributed by atoms with Crippen molar-refractivity contribution in [3.8, 4) is 0 Å². The molecule has 1 aliphatic rings. The van der Waals surface area contributed by atoms with Gasteiger partial charge in [-0.3, -0.25) is 4.79 Å². The van der Waals surface area contributed by atoms with Crippen molar-refractivity contribution < 1.29 is 18.3 Å². The Kier molecular flexibility index (Phi) is 4.45. The number of aliphatic hydroxyl groups is 1. The minimum absolute atomic E-state index is 0.0495. The van der Waals surface area contributed by atoms with Crippen molar-refractivity contribution in [3.63, 3.8) is 0 Å². The molecule has 124 valence electrons. The van der Waals surface area contributed by atoms with Gasteiger partial charge in [-0.25, -0.2) is 8.42 Å². The Morgan fingerprint density at radius 1 is 1.36 bits per heavy atom. The van der Waals surface area contributed by atoms with E-state index in [4.69, 9.17) is 0 Å². The van der Waals surface area contributed by atoms with Gasteiger partial charge in [-0.15, -0.1) is 11.3 Å². The van der Waals surface area contributed by atoms with E-state index in [1.807, 2.05) is 27.7 Å². The Balaban J connectivity index is 1.87. The molecule has 0 aromatic carbocycles. The normalized spacial score (nSPS) is 21.3. The Bertz CT molecular complexity index is 633. The lowest BCUT2D eigenvalue weighted by Gasteiger charge is -2.12. The standard InChI is InChI=1S/C15H23NO4S2/c1-14(2)12(15(14,3)4)13(18)16-8-10(17)9-22(19,20)11-6-5-7-21-11/h5-7,10,12,17H,8-9H2,1-4H3,(H,16,18). The van der Waals surface area contributed by atoms with Gasteiger partial charge >= 0.3 is 0 Å². The summed E-state index contributed by atoms with van der Waals surface area (Å²) < 4.78 is 24.3. The monoisotopic (exact) mass is 345 g/mol. The molecule has 1 saturated carbocycles. The van der Waals surface area contributed by atoms with Crippen molar-refractivity contribution in [1.82, 2.24) is 5.32 Å². The number of amides is 1. The molecule has 1 heterocycles. The molecule has 0 saturated heterocycles. The average molecular weight is 345 g/mol. The molecule has 0 spiro atoms. The zero-order valence-corrected chi connectivity index (χ0v) is 14.9. The molecule has 1 aliphatic carbocycles. The van der Waals surface area contributed by atoms with Crippen molar-refractivity contribution in [3.05, 3.63) is 17.5 Å². The number of carbonyl (C=O) groups is 1. The number of nitrogens with one attached hydrogen (secondary N) is 1. The van der Waals surface area contributed by atoms with Gasteiger partial charge in [0.2, 0.25) is 5.91 Å². The van der Waals surface area contributed by atoms with E-state index < -0.39 is 15.9 Å². The lowest BCUT2D eigenvalue weighted by atomic mass is 10.0. The molecule has 0 bridgehead atoms. The van der Waals surface area contributed by atoms with Crippen LogP contribution in [0, 0.1) is 16.7 Å². The van der Waals surface area contributed by atoms with E-state index in [-0.39, 0.29) is 39.2 Å². The predicted molar refractivity (Wildman–Crippen MR) is 86.4 cm³/mol. The van der Waals surface area contributed by atoms with Crippen LogP contribution in [-0.2, 0) is 14.6 Å². The number of hydrogen-bond acceptors (Lipinski definition) is 5. The number of rotatable bonds is 6. The van der Waals surface area contributed by atoms with Crippen LogP contribution >= 0.6 is 11.3 Å². The maximum Gasteiger partial charge on any atom is 0.224 e. The largest absolute Gasteiger partial charge is 0.390 e. The Hall–Kier alpha value is -0.920. The van der Waals surface area contributed by atoms with Crippen LogP contribution in [0.5, 0.6) is 0 Å². The van der Waals surface area contributed by atoms with E-state index in [1.54, 1.807) is 11.4 Å². The van der Waals surface area contributed by atoms with Crippen LogP contribution in [-0.4, -0.2) is 37.8 Å². The van der Waals surface area contributed by atoms with Crippen LogP contribution in [0.15, 0.2) is 21.7 Å². The van der Waals surface area contributed by atoms with Gasteiger partial charge in [-0.05, 0) is 22.3 Å². The fraction of sp³-hybridized carbons (Fsp3) is 0.667. The molecule has 1 atom stereocenters. The Morgan fingerprint density at radius 3 is 2.41 bits per heavy atom. The summed E-state index contributed by atoms with van der Waals surface area (Å²) in [5.74, 6) is -0.616. The minimum Gasteiger partial charge on any atom is -0.390 e.